The molecule has 0 bridgehead atoms. The average Bonchev–Trinajstić information content (AvgIpc) is 3.07. The summed E-state index contributed by atoms with van der Waals surface area (Å²) in [7, 11) is -4.37. The fraction of sp³-hybridized carbons (Fsp3) is 0.297. The maximum absolute atomic E-state index is 15.3. The van der Waals surface area contributed by atoms with E-state index in [1.54, 1.807) is 18.2 Å². The lowest BCUT2D eigenvalue weighted by molar-refractivity contribution is -0.140. The number of hydrogen-bond donors (Lipinski definition) is 1. The van der Waals surface area contributed by atoms with Crippen LogP contribution >= 0.6 is 0 Å². The first-order chi connectivity index (χ1) is 22.2. The van der Waals surface area contributed by atoms with Gasteiger partial charge in [-0.25, -0.2) is 12.8 Å². The van der Waals surface area contributed by atoms with E-state index in [1.807, 2.05) is 61.5 Å². The number of aryl methyl sites for hydroxylation is 1. The number of rotatable bonds is 12. The maximum Gasteiger partial charge on any atom is 0.264 e. The SMILES string of the molecule is Cc1ccc(CN(C(=O)CN(c2ccccc2F)S(=O)(=O)c2ccccc2)[C@H](Cc2ccccc2)C(=O)NC2CCCCC2)cc1. The van der Waals surface area contributed by atoms with Gasteiger partial charge < -0.3 is 10.2 Å². The fourth-order valence-electron chi connectivity index (χ4n) is 5.88. The topological polar surface area (TPSA) is 86.8 Å². The summed E-state index contributed by atoms with van der Waals surface area (Å²) in [6.07, 6.45) is 5.13. The van der Waals surface area contributed by atoms with Gasteiger partial charge in [-0.2, -0.15) is 0 Å². The highest BCUT2D eigenvalue weighted by atomic mass is 32.2. The van der Waals surface area contributed by atoms with Crippen LogP contribution in [-0.2, 0) is 32.6 Å². The average molecular weight is 642 g/mol. The zero-order valence-corrected chi connectivity index (χ0v) is 26.8. The van der Waals surface area contributed by atoms with Gasteiger partial charge in [-0.05, 0) is 55.2 Å². The van der Waals surface area contributed by atoms with Crippen LogP contribution in [0.5, 0.6) is 0 Å². The standard InChI is InChI=1S/C37H40FN3O4S/c1-28-21-23-30(24-22-28)26-40(35(25-29-13-5-2-6-14-29)37(43)39-31-15-7-3-8-16-31)36(42)27-41(34-20-12-11-19-33(34)38)46(44,45)32-17-9-4-10-18-32/h2,4-6,9-14,17-24,31,35H,3,7-8,15-16,25-27H2,1H3,(H,39,43)/t35-/m1/s1. The Morgan fingerprint density at radius 3 is 2.07 bits per heavy atom. The molecule has 9 heteroatoms. The van der Waals surface area contributed by atoms with E-state index in [1.165, 1.54) is 35.2 Å². The molecule has 1 N–H and O–H groups in total. The van der Waals surface area contributed by atoms with Crippen LogP contribution in [-0.4, -0.2) is 43.8 Å². The van der Waals surface area contributed by atoms with Crippen molar-refractivity contribution in [3.8, 4) is 0 Å². The van der Waals surface area contributed by atoms with E-state index in [0.29, 0.717) is 0 Å². The summed E-state index contributed by atoms with van der Waals surface area (Å²) < 4.78 is 44.1. The summed E-state index contributed by atoms with van der Waals surface area (Å²) in [5.41, 5.74) is 2.43. The molecule has 0 aromatic heterocycles. The van der Waals surface area contributed by atoms with E-state index in [4.69, 9.17) is 0 Å². The number of nitrogens with one attached hydrogen (secondary N) is 1. The van der Waals surface area contributed by atoms with Gasteiger partial charge in [0.25, 0.3) is 10.0 Å². The number of hydrogen-bond acceptors (Lipinski definition) is 4. The number of para-hydroxylation sites is 1. The van der Waals surface area contributed by atoms with Crippen molar-refractivity contribution in [3.05, 3.63) is 132 Å². The molecule has 0 unspecified atom stereocenters. The van der Waals surface area contributed by atoms with Crippen LogP contribution in [0.2, 0.25) is 0 Å². The highest BCUT2D eigenvalue weighted by molar-refractivity contribution is 7.92. The molecule has 1 fully saturated rings. The Morgan fingerprint density at radius 1 is 0.804 bits per heavy atom. The van der Waals surface area contributed by atoms with Gasteiger partial charge in [-0.1, -0.05) is 110 Å². The molecule has 7 nitrogen and oxygen atoms in total. The van der Waals surface area contributed by atoms with Gasteiger partial charge in [0, 0.05) is 19.0 Å². The second-order valence-electron chi connectivity index (χ2n) is 11.8. The normalized spacial score (nSPS) is 14.3. The molecule has 1 aliphatic carbocycles. The zero-order valence-electron chi connectivity index (χ0n) is 26.0. The third kappa shape index (κ3) is 8.20. The Hall–Kier alpha value is -4.50. The summed E-state index contributed by atoms with van der Waals surface area (Å²) in [5, 5.41) is 3.19. The van der Waals surface area contributed by atoms with E-state index in [9.17, 15) is 18.0 Å². The second-order valence-corrected chi connectivity index (χ2v) is 13.7. The van der Waals surface area contributed by atoms with E-state index >= 15 is 4.39 Å². The summed E-state index contributed by atoms with van der Waals surface area (Å²) in [5.74, 6) is -1.70. The van der Waals surface area contributed by atoms with Crippen molar-refractivity contribution in [2.75, 3.05) is 10.8 Å². The fourth-order valence-corrected chi connectivity index (χ4v) is 7.32. The maximum atomic E-state index is 15.3. The highest BCUT2D eigenvalue weighted by Gasteiger charge is 2.36. The van der Waals surface area contributed by atoms with Crippen LogP contribution in [0.15, 0.2) is 114 Å². The van der Waals surface area contributed by atoms with Crippen molar-refractivity contribution >= 4 is 27.5 Å². The predicted octanol–water partition coefficient (Wildman–Crippen LogP) is 6.42. The summed E-state index contributed by atoms with van der Waals surface area (Å²) in [6, 6.07) is 29.3. The van der Waals surface area contributed by atoms with E-state index in [2.05, 4.69) is 5.32 Å². The van der Waals surface area contributed by atoms with E-state index < -0.39 is 34.3 Å². The summed E-state index contributed by atoms with van der Waals surface area (Å²) in [4.78, 5) is 30.0. The first-order valence-corrected chi connectivity index (χ1v) is 17.2. The Bertz CT molecular complexity index is 1710. The summed E-state index contributed by atoms with van der Waals surface area (Å²) in [6.45, 7) is 1.32. The molecule has 1 aliphatic rings. The first-order valence-electron chi connectivity index (χ1n) is 15.7. The van der Waals surface area contributed by atoms with Crippen molar-refractivity contribution in [1.29, 1.82) is 0 Å². The van der Waals surface area contributed by atoms with Gasteiger partial charge in [-0.15, -0.1) is 0 Å². The minimum absolute atomic E-state index is 0.00391. The number of anilines is 1. The van der Waals surface area contributed by atoms with Crippen molar-refractivity contribution in [3.63, 3.8) is 0 Å². The lowest BCUT2D eigenvalue weighted by atomic mass is 9.94. The van der Waals surface area contributed by atoms with Crippen LogP contribution in [0, 0.1) is 12.7 Å². The van der Waals surface area contributed by atoms with Gasteiger partial charge in [0.1, 0.15) is 18.4 Å². The number of nitrogens with zero attached hydrogens (tertiary/aromatic N) is 2. The van der Waals surface area contributed by atoms with Gasteiger partial charge in [0.15, 0.2) is 0 Å². The molecule has 4 aromatic rings. The number of benzene rings is 4. The van der Waals surface area contributed by atoms with Gasteiger partial charge in [0.05, 0.1) is 10.6 Å². The molecule has 1 saturated carbocycles. The number of amides is 2. The molecule has 0 spiro atoms. The lowest BCUT2D eigenvalue weighted by Crippen LogP contribution is -2.55. The van der Waals surface area contributed by atoms with Crippen molar-refractivity contribution < 1.29 is 22.4 Å². The highest BCUT2D eigenvalue weighted by Crippen LogP contribution is 2.27. The number of carbonyl (C=O) groups is 2. The van der Waals surface area contributed by atoms with Crippen molar-refractivity contribution in [2.45, 2.75) is 69.0 Å². The number of carbonyl (C=O) groups excluding carboxylic acids is 2. The molecule has 0 saturated heterocycles. The van der Waals surface area contributed by atoms with E-state index in [0.717, 1.165) is 59.2 Å². The van der Waals surface area contributed by atoms with Crippen LogP contribution in [0.1, 0.15) is 48.8 Å². The van der Waals surface area contributed by atoms with Crippen LogP contribution < -0.4 is 9.62 Å². The largest absolute Gasteiger partial charge is 0.352 e. The van der Waals surface area contributed by atoms with E-state index in [-0.39, 0.29) is 35.5 Å². The zero-order chi connectivity index (χ0) is 32.5. The van der Waals surface area contributed by atoms with Gasteiger partial charge in [0.2, 0.25) is 11.8 Å². The van der Waals surface area contributed by atoms with Crippen LogP contribution in [0.25, 0.3) is 0 Å². The lowest BCUT2D eigenvalue weighted by Gasteiger charge is -2.35. The van der Waals surface area contributed by atoms with Crippen molar-refractivity contribution in [2.24, 2.45) is 0 Å². The minimum Gasteiger partial charge on any atom is -0.352 e. The first kappa shape index (κ1) is 32.9. The molecule has 240 valence electrons. The molecule has 4 aromatic carbocycles. The molecule has 0 heterocycles. The molecule has 0 aliphatic heterocycles. The molecule has 1 atom stereocenters. The third-order valence-electron chi connectivity index (χ3n) is 8.43. The van der Waals surface area contributed by atoms with Gasteiger partial charge in [-0.3, -0.25) is 13.9 Å². The molecule has 0 radical (unpaired) electrons. The Labute approximate surface area is 271 Å². The number of sulfonamides is 1. The molecular formula is C37H40FN3O4S. The molecule has 2 amide bonds. The van der Waals surface area contributed by atoms with Gasteiger partial charge >= 0.3 is 0 Å². The molecular weight excluding hydrogens is 601 g/mol. The van der Waals surface area contributed by atoms with Crippen LogP contribution in [0.4, 0.5) is 10.1 Å². The quantitative estimate of drug-likeness (QED) is 0.194. The predicted molar refractivity (Wildman–Crippen MR) is 178 cm³/mol. The van der Waals surface area contributed by atoms with Crippen molar-refractivity contribution in [1.82, 2.24) is 10.2 Å². The Morgan fingerprint density at radius 2 is 1.41 bits per heavy atom. The Balaban J connectivity index is 1.56. The number of halogens is 1. The smallest absolute Gasteiger partial charge is 0.264 e. The van der Waals surface area contributed by atoms with Crippen LogP contribution in [0.3, 0.4) is 0 Å². The summed E-state index contributed by atoms with van der Waals surface area (Å²) >= 11 is 0. The second kappa shape index (κ2) is 15.2. The monoisotopic (exact) mass is 641 g/mol. The third-order valence-corrected chi connectivity index (χ3v) is 10.2. The molecule has 46 heavy (non-hydrogen) atoms. The molecule has 5 rings (SSSR count). The minimum atomic E-state index is -4.37. The Kier molecular flexibility index (Phi) is 10.9.